The van der Waals surface area contributed by atoms with Crippen LogP contribution in [0.25, 0.3) is 0 Å². The van der Waals surface area contributed by atoms with E-state index in [4.69, 9.17) is 28.3 Å². The fourth-order valence-corrected chi connectivity index (χ4v) is 3.33. The SMILES string of the molecule is O=C(O)CC[C@]1(CCC(=O)NCc2cccc(Cl)c2Cl)CCC(=O)N1. The zero-order valence-electron chi connectivity index (χ0n) is 13.6. The number of aliphatic carboxylic acids is 1. The van der Waals surface area contributed by atoms with Crippen LogP contribution in [0, 0.1) is 0 Å². The first-order valence-electron chi connectivity index (χ1n) is 8.04. The third-order valence-corrected chi connectivity index (χ3v) is 5.25. The van der Waals surface area contributed by atoms with Crippen molar-refractivity contribution in [3.8, 4) is 0 Å². The van der Waals surface area contributed by atoms with Crippen LogP contribution in [0.3, 0.4) is 0 Å². The number of carboxylic acid groups (broad SMARTS) is 1. The van der Waals surface area contributed by atoms with E-state index in [9.17, 15) is 14.4 Å². The molecule has 0 saturated carbocycles. The number of carboxylic acids is 1. The lowest BCUT2D eigenvalue weighted by Gasteiger charge is -2.28. The van der Waals surface area contributed by atoms with Gasteiger partial charge < -0.3 is 15.7 Å². The Morgan fingerprint density at radius 1 is 1.24 bits per heavy atom. The van der Waals surface area contributed by atoms with Gasteiger partial charge in [0.15, 0.2) is 0 Å². The average Bonchev–Trinajstić information content (AvgIpc) is 2.94. The Hall–Kier alpha value is -1.79. The first-order chi connectivity index (χ1) is 11.8. The number of rotatable bonds is 8. The van der Waals surface area contributed by atoms with Crippen LogP contribution in [0.2, 0.25) is 10.0 Å². The Balaban J connectivity index is 1.87. The molecule has 8 heteroatoms. The van der Waals surface area contributed by atoms with Crippen molar-refractivity contribution in [1.82, 2.24) is 10.6 Å². The van der Waals surface area contributed by atoms with Gasteiger partial charge in [-0.05, 0) is 30.9 Å². The zero-order chi connectivity index (χ0) is 18.4. The number of nitrogens with one attached hydrogen (secondary N) is 2. The second-order valence-corrected chi connectivity index (χ2v) is 7.00. The van der Waals surface area contributed by atoms with Gasteiger partial charge in [0.1, 0.15) is 0 Å². The molecule has 3 N–H and O–H groups in total. The highest BCUT2D eigenvalue weighted by molar-refractivity contribution is 6.42. The molecule has 1 aliphatic heterocycles. The molecule has 136 valence electrons. The molecule has 0 aliphatic carbocycles. The van der Waals surface area contributed by atoms with Crippen LogP contribution in [0.4, 0.5) is 0 Å². The number of carbonyl (C=O) groups excluding carboxylic acids is 2. The number of halogens is 2. The van der Waals surface area contributed by atoms with Crippen LogP contribution < -0.4 is 10.6 Å². The van der Waals surface area contributed by atoms with Crippen molar-refractivity contribution in [1.29, 1.82) is 0 Å². The number of hydrogen-bond acceptors (Lipinski definition) is 3. The highest BCUT2D eigenvalue weighted by atomic mass is 35.5. The molecule has 0 aromatic heterocycles. The van der Waals surface area contributed by atoms with Gasteiger partial charge in [-0.25, -0.2) is 0 Å². The smallest absolute Gasteiger partial charge is 0.303 e. The molecule has 1 aromatic rings. The maximum Gasteiger partial charge on any atom is 0.303 e. The van der Waals surface area contributed by atoms with E-state index in [0.717, 1.165) is 5.56 Å². The second-order valence-electron chi connectivity index (χ2n) is 6.21. The topological polar surface area (TPSA) is 95.5 Å². The van der Waals surface area contributed by atoms with Gasteiger partial charge in [0.05, 0.1) is 10.0 Å². The summed E-state index contributed by atoms with van der Waals surface area (Å²) in [5.74, 6) is -1.20. The lowest BCUT2D eigenvalue weighted by Crippen LogP contribution is -2.43. The molecule has 1 aromatic carbocycles. The van der Waals surface area contributed by atoms with Gasteiger partial charge in [-0.15, -0.1) is 0 Å². The summed E-state index contributed by atoms with van der Waals surface area (Å²) in [7, 11) is 0. The number of amides is 2. The third kappa shape index (κ3) is 5.61. The van der Waals surface area contributed by atoms with Crippen LogP contribution in [0.15, 0.2) is 18.2 Å². The minimum Gasteiger partial charge on any atom is -0.481 e. The summed E-state index contributed by atoms with van der Waals surface area (Å²) in [6, 6.07) is 5.20. The van der Waals surface area contributed by atoms with Crippen molar-refractivity contribution in [2.75, 3.05) is 0 Å². The molecule has 1 fully saturated rings. The zero-order valence-corrected chi connectivity index (χ0v) is 15.1. The summed E-state index contributed by atoms with van der Waals surface area (Å²) in [5.41, 5.74) is 0.109. The van der Waals surface area contributed by atoms with E-state index >= 15 is 0 Å². The van der Waals surface area contributed by atoms with Gasteiger partial charge in [0.2, 0.25) is 11.8 Å². The summed E-state index contributed by atoms with van der Waals surface area (Å²) >= 11 is 12.0. The lowest BCUT2D eigenvalue weighted by molar-refractivity contribution is -0.137. The fraction of sp³-hybridized carbons (Fsp3) is 0.471. The van der Waals surface area contributed by atoms with Gasteiger partial charge in [0, 0.05) is 31.3 Å². The van der Waals surface area contributed by atoms with Crippen molar-refractivity contribution >= 4 is 41.0 Å². The van der Waals surface area contributed by atoms with E-state index in [-0.39, 0.29) is 31.2 Å². The number of carbonyl (C=O) groups is 3. The molecule has 2 rings (SSSR count). The molecule has 25 heavy (non-hydrogen) atoms. The quantitative estimate of drug-likeness (QED) is 0.639. The normalized spacial score (nSPS) is 19.5. The van der Waals surface area contributed by atoms with E-state index in [1.165, 1.54) is 0 Å². The van der Waals surface area contributed by atoms with Gasteiger partial charge in [-0.3, -0.25) is 14.4 Å². The fourth-order valence-electron chi connectivity index (χ4n) is 2.94. The average molecular weight is 387 g/mol. The summed E-state index contributed by atoms with van der Waals surface area (Å²) in [5, 5.41) is 15.3. The molecule has 0 bridgehead atoms. The molecule has 1 saturated heterocycles. The second kappa shape index (κ2) is 8.54. The van der Waals surface area contributed by atoms with Crippen molar-refractivity contribution in [2.24, 2.45) is 0 Å². The Labute approximate surface area is 155 Å². The van der Waals surface area contributed by atoms with Crippen molar-refractivity contribution in [3.63, 3.8) is 0 Å². The lowest BCUT2D eigenvalue weighted by atomic mass is 9.86. The van der Waals surface area contributed by atoms with Crippen LogP contribution in [0.1, 0.15) is 44.1 Å². The third-order valence-electron chi connectivity index (χ3n) is 4.39. The van der Waals surface area contributed by atoms with Crippen LogP contribution >= 0.6 is 23.2 Å². The van der Waals surface area contributed by atoms with Crippen LogP contribution in [-0.4, -0.2) is 28.4 Å². The maximum atomic E-state index is 12.1. The van der Waals surface area contributed by atoms with Crippen molar-refractivity contribution in [2.45, 2.75) is 50.6 Å². The Morgan fingerprint density at radius 2 is 1.96 bits per heavy atom. The van der Waals surface area contributed by atoms with E-state index in [1.54, 1.807) is 18.2 Å². The maximum absolute atomic E-state index is 12.1. The predicted molar refractivity (Wildman–Crippen MR) is 94.5 cm³/mol. The molecule has 0 spiro atoms. The van der Waals surface area contributed by atoms with Gasteiger partial charge in [-0.1, -0.05) is 35.3 Å². The molecule has 1 atom stereocenters. The first kappa shape index (κ1) is 19.5. The van der Waals surface area contributed by atoms with E-state index in [0.29, 0.717) is 35.7 Å². The Bertz CT molecular complexity index is 681. The summed E-state index contributed by atoms with van der Waals surface area (Å²) < 4.78 is 0. The number of hydrogen-bond donors (Lipinski definition) is 3. The Morgan fingerprint density at radius 3 is 2.60 bits per heavy atom. The first-order valence-corrected chi connectivity index (χ1v) is 8.79. The van der Waals surface area contributed by atoms with Crippen LogP contribution in [0.5, 0.6) is 0 Å². The predicted octanol–water partition coefficient (Wildman–Crippen LogP) is 2.90. The van der Waals surface area contributed by atoms with E-state index < -0.39 is 11.5 Å². The van der Waals surface area contributed by atoms with Crippen molar-refractivity contribution < 1.29 is 19.5 Å². The Kier molecular flexibility index (Phi) is 6.67. The molecule has 1 heterocycles. The van der Waals surface area contributed by atoms with Crippen LogP contribution in [-0.2, 0) is 20.9 Å². The molecular formula is C17H20Cl2N2O4. The molecular weight excluding hydrogens is 367 g/mol. The largest absolute Gasteiger partial charge is 0.481 e. The monoisotopic (exact) mass is 386 g/mol. The van der Waals surface area contributed by atoms with Crippen molar-refractivity contribution in [3.05, 3.63) is 33.8 Å². The summed E-state index contributed by atoms with van der Waals surface area (Å²) in [6.45, 7) is 0.257. The van der Waals surface area contributed by atoms with Gasteiger partial charge in [0.25, 0.3) is 0 Å². The molecule has 1 aliphatic rings. The van der Waals surface area contributed by atoms with E-state index in [2.05, 4.69) is 10.6 Å². The standard InChI is InChI=1S/C17H20Cl2N2O4/c18-12-3-1-2-11(16(12)19)10-20-13(22)4-7-17(9-6-15(24)25)8-5-14(23)21-17/h1-3H,4-10H2,(H,20,22)(H,21,23)(H,24,25)/t17-/m0/s1. The minimum atomic E-state index is -0.916. The summed E-state index contributed by atoms with van der Waals surface area (Å²) in [4.78, 5) is 34.5. The summed E-state index contributed by atoms with van der Waals surface area (Å²) in [6.07, 6.45) is 1.78. The van der Waals surface area contributed by atoms with Gasteiger partial charge >= 0.3 is 5.97 Å². The molecule has 0 radical (unpaired) electrons. The highest BCUT2D eigenvalue weighted by Gasteiger charge is 2.37. The highest BCUT2D eigenvalue weighted by Crippen LogP contribution is 2.30. The van der Waals surface area contributed by atoms with E-state index in [1.807, 2.05) is 0 Å². The molecule has 2 amide bonds. The molecule has 0 unspecified atom stereocenters. The molecule has 6 nitrogen and oxygen atoms in total. The van der Waals surface area contributed by atoms with Gasteiger partial charge in [-0.2, -0.15) is 0 Å². The minimum absolute atomic E-state index is 0.0416. The number of benzene rings is 1.